The van der Waals surface area contributed by atoms with Crippen LogP contribution in [0.5, 0.6) is 0 Å². The number of hydrogen-bond acceptors (Lipinski definition) is 6. The van der Waals surface area contributed by atoms with Crippen LogP contribution in [-0.4, -0.2) is 30.6 Å². The Morgan fingerprint density at radius 3 is 2.65 bits per heavy atom. The second-order valence-corrected chi connectivity index (χ2v) is 7.45. The van der Waals surface area contributed by atoms with Gasteiger partial charge in [0.1, 0.15) is 12.0 Å². The molecule has 4 heterocycles. The van der Waals surface area contributed by atoms with Gasteiger partial charge in [-0.3, -0.25) is 9.78 Å². The standard InChI is InChI=1S/C22H12ClF3N6O2/c23-16-7-13(9-29-18(16)21-28-5-6-34-21)31-20(33)15-10-30-32(19(15)22(24,25)26)17-11-27-8-12-3-1-2-4-14(12)17/h1-11H,(H,31,33). The highest BCUT2D eigenvalue weighted by atomic mass is 35.5. The molecule has 8 nitrogen and oxygen atoms in total. The Morgan fingerprint density at radius 2 is 1.91 bits per heavy atom. The summed E-state index contributed by atoms with van der Waals surface area (Å²) < 4.78 is 48.1. The molecule has 170 valence electrons. The number of aromatic nitrogens is 5. The minimum absolute atomic E-state index is 0.0815. The van der Waals surface area contributed by atoms with E-state index >= 15 is 0 Å². The van der Waals surface area contributed by atoms with E-state index in [2.05, 4.69) is 25.4 Å². The number of hydrogen-bond donors (Lipinski definition) is 1. The predicted molar refractivity (Wildman–Crippen MR) is 117 cm³/mol. The Bertz CT molecular complexity index is 1510. The molecule has 0 saturated carbocycles. The lowest BCUT2D eigenvalue weighted by Gasteiger charge is -2.14. The van der Waals surface area contributed by atoms with Crippen molar-refractivity contribution in [2.45, 2.75) is 6.18 Å². The number of nitrogens with one attached hydrogen (secondary N) is 1. The molecule has 1 N–H and O–H groups in total. The highest BCUT2D eigenvalue weighted by Crippen LogP contribution is 2.35. The fraction of sp³-hybridized carbons (Fsp3) is 0.0455. The highest BCUT2D eigenvalue weighted by molar-refractivity contribution is 6.33. The van der Waals surface area contributed by atoms with E-state index in [4.69, 9.17) is 16.0 Å². The molecule has 0 fully saturated rings. The number of halogens is 4. The summed E-state index contributed by atoms with van der Waals surface area (Å²) in [5, 5.41) is 7.46. The van der Waals surface area contributed by atoms with Crippen molar-refractivity contribution < 1.29 is 22.4 Å². The molecule has 5 rings (SSSR count). The number of benzene rings is 1. The number of alkyl halides is 3. The van der Waals surface area contributed by atoms with E-state index in [0.717, 1.165) is 6.20 Å². The van der Waals surface area contributed by atoms with Gasteiger partial charge in [-0.25, -0.2) is 14.6 Å². The smallest absolute Gasteiger partial charge is 0.434 e. The maximum atomic E-state index is 14.1. The Kier molecular flexibility index (Phi) is 5.25. The van der Waals surface area contributed by atoms with Crippen LogP contribution in [0.3, 0.4) is 0 Å². The average Bonchev–Trinajstić information content (AvgIpc) is 3.49. The minimum atomic E-state index is -4.88. The van der Waals surface area contributed by atoms with Gasteiger partial charge in [0.05, 0.1) is 46.7 Å². The SMILES string of the molecule is O=C(Nc1cnc(-c2ncco2)c(Cl)c1)c1cnn(-c2cncc3ccccc23)c1C(F)(F)F. The van der Waals surface area contributed by atoms with Crippen molar-refractivity contribution in [2.75, 3.05) is 5.32 Å². The van der Waals surface area contributed by atoms with Crippen molar-refractivity contribution in [1.29, 1.82) is 0 Å². The summed E-state index contributed by atoms with van der Waals surface area (Å²) in [6.07, 6.45) is 2.74. The van der Waals surface area contributed by atoms with E-state index in [0.29, 0.717) is 15.5 Å². The summed E-state index contributed by atoms with van der Waals surface area (Å²) in [5.74, 6) is -0.874. The molecule has 0 atom stereocenters. The Labute approximate surface area is 194 Å². The summed E-state index contributed by atoms with van der Waals surface area (Å²) in [6.45, 7) is 0. The molecule has 0 bridgehead atoms. The minimum Gasteiger partial charge on any atom is -0.443 e. The van der Waals surface area contributed by atoms with Crippen LogP contribution in [0.1, 0.15) is 16.1 Å². The summed E-state index contributed by atoms with van der Waals surface area (Å²) in [4.78, 5) is 24.8. The van der Waals surface area contributed by atoms with Crippen molar-refractivity contribution in [1.82, 2.24) is 24.7 Å². The van der Waals surface area contributed by atoms with Crippen molar-refractivity contribution >= 4 is 34.0 Å². The zero-order chi connectivity index (χ0) is 23.9. The predicted octanol–water partition coefficient (Wildman–Crippen LogP) is 5.40. The zero-order valence-corrected chi connectivity index (χ0v) is 17.7. The van der Waals surface area contributed by atoms with Gasteiger partial charge in [-0.2, -0.15) is 18.3 Å². The number of nitrogens with zero attached hydrogens (tertiary/aromatic N) is 5. The number of carbonyl (C=O) groups excluding carboxylic acids is 1. The summed E-state index contributed by atoms with van der Waals surface area (Å²) >= 11 is 6.18. The molecule has 0 spiro atoms. The Balaban J connectivity index is 1.53. The van der Waals surface area contributed by atoms with Crippen LogP contribution in [0.15, 0.2) is 72.0 Å². The number of oxazole rings is 1. The van der Waals surface area contributed by atoms with Gasteiger partial charge in [0.15, 0.2) is 5.69 Å². The molecule has 0 radical (unpaired) electrons. The molecule has 0 aliphatic heterocycles. The monoisotopic (exact) mass is 484 g/mol. The Hall–Kier alpha value is -4.25. The third-order valence-electron chi connectivity index (χ3n) is 4.89. The van der Waals surface area contributed by atoms with Gasteiger partial charge in [0, 0.05) is 17.0 Å². The molecule has 0 saturated heterocycles. The summed E-state index contributed by atoms with van der Waals surface area (Å²) in [7, 11) is 0. The molecule has 12 heteroatoms. The maximum Gasteiger partial charge on any atom is 0.434 e. The van der Waals surface area contributed by atoms with Crippen molar-refractivity contribution in [3.8, 4) is 17.3 Å². The van der Waals surface area contributed by atoms with Crippen molar-refractivity contribution in [2.24, 2.45) is 0 Å². The molecule has 0 aliphatic carbocycles. The second-order valence-electron chi connectivity index (χ2n) is 7.04. The molecule has 0 aliphatic rings. The molecule has 0 unspecified atom stereocenters. The van der Waals surface area contributed by atoms with Gasteiger partial charge < -0.3 is 9.73 Å². The third-order valence-corrected chi connectivity index (χ3v) is 5.18. The lowest BCUT2D eigenvalue weighted by Crippen LogP contribution is -2.21. The first-order valence-corrected chi connectivity index (χ1v) is 10.1. The van der Waals surface area contributed by atoms with E-state index in [1.165, 1.54) is 37.1 Å². The van der Waals surface area contributed by atoms with Gasteiger partial charge >= 0.3 is 6.18 Å². The molecule has 5 aromatic rings. The molecular formula is C22H12ClF3N6O2. The van der Waals surface area contributed by atoms with Gasteiger partial charge in [0.2, 0.25) is 5.89 Å². The first-order chi connectivity index (χ1) is 16.3. The summed E-state index contributed by atoms with van der Waals surface area (Å²) in [6, 6.07) is 8.13. The normalized spacial score (nSPS) is 11.6. The number of pyridine rings is 2. The number of amides is 1. The van der Waals surface area contributed by atoms with E-state index in [9.17, 15) is 18.0 Å². The quantitative estimate of drug-likeness (QED) is 0.367. The number of rotatable bonds is 4. The van der Waals surface area contributed by atoms with Crippen molar-refractivity contribution in [3.05, 3.63) is 83.9 Å². The second kappa shape index (κ2) is 8.27. The van der Waals surface area contributed by atoms with Crippen LogP contribution in [0.4, 0.5) is 18.9 Å². The van der Waals surface area contributed by atoms with E-state index < -0.39 is 23.3 Å². The van der Waals surface area contributed by atoms with Gasteiger partial charge in [-0.1, -0.05) is 35.9 Å². The van der Waals surface area contributed by atoms with E-state index in [1.807, 2.05) is 0 Å². The van der Waals surface area contributed by atoms with Crippen LogP contribution in [0.25, 0.3) is 28.0 Å². The topological polar surface area (TPSA) is 98.7 Å². The number of anilines is 1. The highest BCUT2D eigenvalue weighted by Gasteiger charge is 2.41. The van der Waals surface area contributed by atoms with E-state index in [-0.39, 0.29) is 28.0 Å². The average molecular weight is 485 g/mol. The van der Waals surface area contributed by atoms with Crippen LogP contribution >= 0.6 is 11.6 Å². The van der Waals surface area contributed by atoms with Crippen LogP contribution in [0, 0.1) is 0 Å². The maximum absolute atomic E-state index is 14.1. The van der Waals surface area contributed by atoms with Gasteiger partial charge in [0.25, 0.3) is 5.91 Å². The summed E-state index contributed by atoms with van der Waals surface area (Å²) in [5.41, 5.74) is -1.52. The number of fused-ring (bicyclic) bond motifs is 1. The fourth-order valence-electron chi connectivity index (χ4n) is 3.44. The molecule has 4 aromatic heterocycles. The van der Waals surface area contributed by atoms with Crippen LogP contribution < -0.4 is 5.32 Å². The molecule has 1 amide bonds. The molecular weight excluding hydrogens is 473 g/mol. The van der Waals surface area contributed by atoms with Crippen molar-refractivity contribution in [3.63, 3.8) is 0 Å². The van der Waals surface area contributed by atoms with Gasteiger partial charge in [-0.15, -0.1) is 0 Å². The first-order valence-electron chi connectivity index (χ1n) is 9.68. The molecule has 34 heavy (non-hydrogen) atoms. The van der Waals surface area contributed by atoms with Gasteiger partial charge in [-0.05, 0) is 6.07 Å². The first kappa shape index (κ1) is 21.6. The Morgan fingerprint density at radius 1 is 1.09 bits per heavy atom. The fourth-order valence-corrected chi connectivity index (χ4v) is 3.69. The van der Waals surface area contributed by atoms with Crippen LogP contribution in [-0.2, 0) is 6.18 Å². The third kappa shape index (κ3) is 3.86. The van der Waals surface area contributed by atoms with Crippen LogP contribution in [0.2, 0.25) is 5.02 Å². The number of carbonyl (C=O) groups is 1. The lowest BCUT2D eigenvalue weighted by atomic mass is 10.1. The zero-order valence-electron chi connectivity index (χ0n) is 16.9. The molecule has 1 aromatic carbocycles. The lowest BCUT2D eigenvalue weighted by molar-refractivity contribution is -0.143. The van der Waals surface area contributed by atoms with E-state index in [1.54, 1.807) is 24.3 Å². The largest absolute Gasteiger partial charge is 0.443 e.